The van der Waals surface area contributed by atoms with Crippen LogP contribution in [0.25, 0.3) is 10.2 Å². The lowest BCUT2D eigenvalue weighted by molar-refractivity contribution is 0.574. The molecule has 0 amide bonds. The van der Waals surface area contributed by atoms with Crippen molar-refractivity contribution in [3.63, 3.8) is 0 Å². The van der Waals surface area contributed by atoms with E-state index in [1.807, 2.05) is 11.8 Å². The summed E-state index contributed by atoms with van der Waals surface area (Å²) in [6.45, 7) is 7.53. The summed E-state index contributed by atoms with van der Waals surface area (Å²) < 4.78 is 0.246. The quantitative estimate of drug-likeness (QED) is 0.800. The highest BCUT2D eigenvalue weighted by Gasteiger charge is 2.25. The lowest BCUT2D eigenvalue weighted by atomic mass is 10.0. The van der Waals surface area contributed by atoms with Gasteiger partial charge in [-0.15, -0.1) is 11.3 Å². The Morgan fingerprint density at radius 1 is 1.29 bits per heavy atom. The highest BCUT2D eigenvalue weighted by atomic mass is 32.2. The number of nitrogens with two attached hydrogens (primary N) is 1. The van der Waals surface area contributed by atoms with Crippen LogP contribution in [-0.4, -0.2) is 27.5 Å². The summed E-state index contributed by atoms with van der Waals surface area (Å²) in [7, 11) is 0. The van der Waals surface area contributed by atoms with Gasteiger partial charge in [-0.3, -0.25) is 0 Å². The Bertz CT molecular complexity index is 597. The van der Waals surface area contributed by atoms with Crippen LogP contribution >= 0.6 is 23.1 Å². The van der Waals surface area contributed by atoms with Crippen molar-refractivity contribution in [2.75, 3.05) is 23.9 Å². The molecule has 21 heavy (non-hydrogen) atoms. The minimum atomic E-state index is 0.246. The zero-order valence-corrected chi connectivity index (χ0v) is 14.8. The van der Waals surface area contributed by atoms with Crippen LogP contribution < -0.4 is 11.1 Å². The normalized spacial score (nSPS) is 12.0. The molecule has 0 saturated carbocycles. The monoisotopic (exact) mass is 324 g/mol. The Balaban J connectivity index is 2.31. The minimum Gasteiger partial charge on any atom is -0.368 e. The smallest absolute Gasteiger partial charge is 0.223 e. The van der Waals surface area contributed by atoms with Gasteiger partial charge in [0.15, 0.2) is 0 Å². The predicted octanol–water partition coefficient (Wildman–Crippen LogP) is 4.17. The molecule has 0 bridgehead atoms. The van der Waals surface area contributed by atoms with Crippen molar-refractivity contribution in [1.82, 2.24) is 9.97 Å². The molecule has 0 aromatic carbocycles. The van der Waals surface area contributed by atoms with Crippen LogP contribution in [0.2, 0.25) is 0 Å². The standard InChI is InChI=1S/C15H24N4S2/c1-5-10-8-11-12(18-14(16)19-13(11)21-10)17-9-15(6-2,7-3)20-4/h8H,5-7,9H2,1-4H3,(H3,16,17,18,19). The van der Waals surface area contributed by atoms with Gasteiger partial charge >= 0.3 is 0 Å². The van der Waals surface area contributed by atoms with Crippen molar-refractivity contribution >= 4 is 45.1 Å². The van der Waals surface area contributed by atoms with Crippen LogP contribution in [0.5, 0.6) is 0 Å². The van der Waals surface area contributed by atoms with Crippen LogP contribution in [0.3, 0.4) is 0 Å². The van der Waals surface area contributed by atoms with Gasteiger partial charge in [-0.1, -0.05) is 20.8 Å². The molecule has 0 saturated heterocycles. The number of aromatic nitrogens is 2. The summed E-state index contributed by atoms with van der Waals surface area (Å²) in [4.78, 5) is 11.0. The van der Waals surface area contributed by atoms with Crippen LogP contribution in [0.4, 0.5) is 11.8 Å². The van der Waals surface area contributed by atoms with Crippen molar-refractivity contribution in [2.24, 2.45) is 0 Å². The van der Waals surface area contributed by atoms with Gasteiger partial charge in [0.05, 0.1) is 5.39 Å². The van der Waals surface area contributed by atoms with Crippen molar-refractivity contribution < 1.29 is 0 Å². The molecule has 0 fully saturated rings. The average Bonchev–Trinajstić information content (AvgIpc) is 2.92. The van der Waals surface area contributed by atoms with Crippen LogP contribution in [0, 0.1) is 0 Å². The molecule has 0 atom stereocenters. The maximum atomic E-state index is 5.85. The maximum Gasteiger partial charge on any atom is 0.223 e. The molecule has 2 rings (SSSR count). The number of rotatable bonds is 7. The second-order valence-electron chi connectivity index (χ2n) is 5.16. The van der Waals surface area contributed by atoms with Gasteiger partial charge in [-0.05, 0) is 31.6 Å². The number of aryl methyl sites for hydroxylation is 1. The molecule has 0 aliphatic heterocycles. The summed E-state index contributed by atoms with van der Waals surface area (Å²) in [6, 6.07) is 2.18. The summed E-state index contributed by atoms with van der Waals surface area (Å²) in [5, 5.41) is 4.61. The van der Waals surface area contributed by atoms with E-state index in [1.54, 1.807) is 11.3 Å². The van der Waals surface area contributed by atoms with E-state index in [4.69, 9.17) is 5.73 Å². The third-order valence-electron chi connectivity index (χ3n) is 4.11. The second-order valence-corrected chi connectivity index (χ2v) is 7.55. The van der Waals surface area contributed by atoms with Gasteiger partial charge < -0.3 is 11.1 Å². The largest absolute Gasteiger partial charge is 0.368 e. The van der Waals surface area contributed by atoms with Gasteiger partial charge in [-0.25, -0.2) is 4.98 Å². The summed E-state index contributed by atoms with van der Waals surface area (Å²) in [5.41, 5.74) is 5.85. The summed E-state index contributed by atoms with van der Waals surface area (Å²) in [5.74, 6) is 1.21. The predicted molar refractivity (Wildman–Crippen MR) is 96.5 cm³/mol. The van der Waals surface area contributed by atoms with Crippen molar-refractivity contribution in [1.29, 1.82) is 0 Å². The van der Waals surface area contributed by atoms with E-state index < -0.39 is 0 Å². The molecule has 2 heterocycles. The van der Waals surface area contributed by atoms with E-state index >= 15 is 0 Å². The fourth-order valence-electron chi connectivity index (χ4n) is 2.40. The summed E-state index contributed by atoms with van der Waals surface area (Å²) in [6.07, 6.45) is 5.45. The third-order valence-corrected chi connectivity index (χ3v) is 6.87. The molecule has 0 spiro atoms. The fraction of sp³-hybridized carbons (Fsp3) is 0.600. The highest BCUT2D eigenvalue weighted by molar-refractivity contribution is 8.00. The lowest BCUT2D eigenvalue weighted by Gasteiger charge is -2.30. The van der Waals surface area contributed by atoms with Crippen molar-refractivity contribution in [3.8, 4) is 0 Å². The second kappa shape index (κ2) is 6.83. The Hall–Kier alpha value is -1.01. The van der Waals surface area contributed by atoms with Gasteiger partial charge in [0.25, 0.3) is 0 Å². The summed E-state index contributed by atoms with van der Waals surface area (Å²) >= 11 is 3.62. The molecule has 0 radical (unpaired) electrons. The number of nitrogen functional groups attached to an aromatic ring is 1. The highest BCUT2D eigenvalue weighted by Crippen LogP contribution is 2.33. The molecule has 0 unspecified atom stereocenters. The molecule has 116 valence electrons. The van der Waals surface area contributed by atoms with E-state index in [9.17, 15) is 0 Å². The Morgan fingerprint density at radius 2 is 2.00 bits per heavy atom. The number of thiophene rings is 1. The van der Waals surface area contributed by atoms with Crippen LogP contribution in [-0.2, 0) is 6.42 Å². The van der Waals surface area contributed by atoms with Gasteiger partial charge in [-0.2, -0.15) is 16.7 Å². The third kappa shape index (κ3) is 3.43. The molecule has 0 aliphatic rings. The molecule has 4 nitrogen and oxygen atoms in total. The first-order valence-corrected chi connectivity index (χ1v) is 9.46. The number of nitrogens with zero attached hydrogens (tertiary/aromatic N) is 2. The first-order chi connectivity index (χ1) is 10.1. The van der Waals surface area contributed by atoms with E-state index in [0.29, 0.717) is 5.95 Å². The number of nitrogens with one attached hydrogen (secondary N) is 1. The fourth-order valence-corrected chi connectivity index (χ4v) is 4.17. The van der Waals surface area contributed by atoms with Crippen molar-refractivity contribution in [2.45, 2.75) is 44.8 Å². The lowest BCUT2D eigenvalue weighted by Crippen LogP contribution is -2.32. The molecular weight excluding hydrogens is 300 g/mol. The van der Waals surface area contributed by atoms with E-state index in [-0.39, 0.29) is 4.75 Å². The number of fused-ring (bicyclic) bond motifs is 1. The Labute approximate surface area is 134 Å². The topological polar surface area (TPSA) is 63.8 Å². The number of anilines is 2. The van der Waals surface area contributed by atoms with Crippen molar-refractivity contribution in [3.05, 3.63) is 10.9 Å². The number of hydrogen-bond donors (Lipinski definition) is 2. The van der Waals surface area contributed by atoms with E-state index in [0.717, 1.165) is 41.8 Å². The zero-order valence-electron chi connectivity index (χ0n) is 13.2. The molecule has 3 N–H and O–H groups in total. The van der Waals surface area contributed by atoms with E-state index in [2.05, 4.69) is 48.4 Å². The first kappa shape index (κ1) is 16.4. The van der Waals surface area contributed by atoms with Gasteiger partial charge in [0.2, 0.25) is 5.95 Å². The van der Waals surface area contributed by atoms with E-state index in [1.165, 1.54) is 4.88 Å². The molecular formula is C15H24N4S2. The van der Waals surface area contributed by atoms with Crippen LogP contribution in [0.15, 0.2) is 6.07 Å². The molecule has 2 aromatic rings. The first-order valence-electron chi connectivity index (χ1n) is 7.42. The Morgan fingerprint density at radius 3 is 2.57 bits per heavy atom. The molecule has 2 aromatic heterocycles. The van der Waals surface area contributed by atoms with Crippen LogP contribution in [0.1, 0.15) is 38.5 Å². The number of hydrogen-bond acceptors (Lipinski definition) is 6. The maximum absolute atomic E-state index is 5.85. The zero-order chi connectivity index (χ0) is 15.5. The van der Waals surface area contributed by atoms with Gasteiger partial charge in [0.1, 0.15) is 10.6 Å². The van der Waals surface area contributed by atoms with Gasteiger partial charge in [0, 0.05) is 16.2 Å². The Kier molecular flexibility index (Phi) is 5.32. The average molecular weight is 325 g/mol. The SMILES string of the molecule is CCc1cc2c(NCC(CC)(CC)SC)nc(N)nc2s1. The molecule has 0 aliphatic carbocycles. The number of thioether (sulfide) groups is 1. The molecule has 6 heteroatoms. The minimum absolute atomic E-state index is 0.246.